The third-order valence-corrected chi connectivity index (χ3v) is 11.7. The SMILES string of the molecule is CC(C)c1ccc2c(c1)Oc1cc(-n3c4ccccc4c4ccc5c(c43)-c3ccccc3C5(C)C)cc3c1B2c1ccc(C(C)(C)C)cc1O3. The number of para-hydroxylation sites is 1. The molecule has 10 rings (SSSR count). The minimum absolute atomic E-state index is 0.00115. The fourth-order valence-electron chi connectivity index (χ4n) is 8.96. The van der Waals surface area contributed by atoms with Gasteiger partial charge in [0.05, 0.1) is 16.7 Å². The van der Waals surface area contributed by atoms with Crippen molar-refractivity contribution in [3.63, 3.8) is 0 Å². The van der Waals surface area contributed by atoms with E-state index in [4.69, 9.17) is 9.47 Å². The second-order valence-electron chi connectivity index (χ2n) is 16.4. The van der Waals surface area contributed by atoms with Crippen LogP contribution in [0.25, 0.3) is 38.6 Å². The molecule has 0 radical (unpaired) electrons. The van der Waals surface area contributed by atoms with E-state index in [0.29, 0.717) is 5.92 Å². The highest BCUT2D eigenvalue weighted by Gasteiger charge is 2.42. The molecule has 0 spiro atoms. The van der Waals surface area contributed by atoms with Crippen LogP contribution >= 0.6 is 0 Å². The fourth-order valence-corrected chi connectivity index (χ4v) is 8.96. The van der Waals surface area contributed by atoms with Gasteiger partial charge < -0.3 is 14.0 Å². The van der Waals surface area contributed by atoms with Crippen molar-refractivity contribution in [2.45, 2.75) is 65.2 Å². The van der Waals surface area contributed by atoms with Crippen molar-refractivity contribution in [3.8, 4) is 39.8 Å². The highest BCUT2D eigenvalue weighted by atomic mass is 16.5. The van der Waals surface area contributed by atoms with E-state index in [0.717, 1.165) is 34.1 Å². The molecule has 6 aromatic carbocycles. The summed E-state index contributed by atoms with van der Waals surface area (Å²) in [6.07, 6.45) is 0. The second-order valence-corrected chi connectivity index (χ2v) is 16.4. The molecule has 1 aliphatic carbocycles. The number of fused-ring (bicyclic) bond motifs is 11. The fraction of sp³-hybridized carbons (Fsp3) is 0.217. The van der Waals surface area contributed by atoms with E-state index in [2.05, 4.69) is 162 Å². The van der Waals surface area contributed by atoms with Gasteiger partial charge in [0.2, 0.25) is 0 Å². The number of rotatable bonds is 2. The number of ether oxygens (including phenoxy) is 2. The van der Waals surface area contributed by atoms with Crippen LogP contribution in [0.1, 0.15) is 76.6 Å². The molecule has 7 aromatic rings. The van der Waals surface area contributed by atoms with Crippen LogP contribution in [0.3, 0.4) is 0 Å². The molecule has 0 fully saturated rings. The molecule has 244 valence electrons. The topological polar surface area (TPSA) is 23.4 Å². The Morgan fingerprint density at radius 3 is 2.08 bits per heavy atom. The molecular formula is C46H40BNO2. The summed E-state index contributed by atoms with van der Waals surface area (Å²) < 4.78 is 16.4. The van der Waals surface area contributed by atoms with Crippen LogP contribution < -0.4 is 25.9 Å². The summed E-state index contributed by atoms with van der Waals surface area (Å²) in [7, 11) is 0. The molecule has 0 saturated heterocycles. The standard InChI is InChI=1S/C46H40BNO2/c1-26(2)27-16-20-35-38(22-27)49-40-24-29(25-41-43(40)47(35)36-21-17-28(45(3,4)5)23-39(36)50-41)48-37-15-11-9-12-30(37)31-18-19-34-42(44(31)48)32-13-8-10-14-33(32)46(34,6)7/h8-26H,1-7H3. The lowest BCUT2D eigenvalue weighted by Gasteiger charge is -2.34. The van der Waals surface area contributed by atoms with Gasteiger partial charge in [0.15, 0.2) is 0 Å². The van der Waals surface area contributed by atoms with Crippen molar-refractivity contribution in [1.82, 2.24) is 4.57 Å². The largest absolute Gasteiger partial charge is 0.458 e. The van der Waals surface area contributed by atoms with Crippen molar-refractivity contribution in [3.05, 3.63) is 131 Å². The molecule has 4 heteroatoms. The number of hydrogen-bond acceptors (Lipinski definition) is 2. The smallest absolute Gasteiger partial charge is 0.260 e. The van der Waals surface area contributed by atoms with Gasteiger partial charge in [-0.25, -0.2) is 0 Å². The van der Waals surface area contributed by atoms with Gasteiger partial charge in [0.1, 0.15) is 23.0 Å². The molecule has 0 saturated carbocycles. The number of benzene rings is 6. The summed E-state index contributed by atoms with van der Waals surface area (Å²) in [4.78, 5) is 0. The van der Waals surface area contributed by atoms with E-state index in [9.17, 15) is 0 Å². The molecule has 0 N–H and O–H groups in total. The van der Waals surface area contributed by atoms with E-state index < -0.39 is 0 Å². The first-order chi connectivity index (χ1) is 24.0. The Bertz CT molecular complexity index is 2600. The van der Waals surface area contributed by atoms with Gasteiger partial charge in [-0.1, -0.05) is 127 Å². The molecule has 3 nitrogen and oxygen atoms in total. The lowest BCUT2D eigenvalue weighted by molar-refractivity contribution is 0.462. The first-order valence-electron chi connectivity index (χ1n) is 18.0. The summed E-state index contributed by atoms with van der Waals surface area (Å²) in [5, 5.41) is 2.50. The molecule has 1 aromatic heterocycles. The Morgan fingerprint density at radius 1 is 0.660 bits per heavy atom. The zero-order chi connectivity index (χ0) is 34.3. The maximum atomic E-state index is 6.99. The summed E-state index contributed by atoms with van der Waals surface area (Å²) in [6.45, 7) is 16.0. The van der Waals surface area contributed by atoms with Gasteiger partial charge >= 0.3 is 0 Å². The van der Waals surface area contributed by atoms with E-state index in [1.807, 2.05) is 0 Å². The monoisotopic (exact) mass is 649 g/mol. The maximum Gasteiger partial charge on any atom is 0.260 e. The quantitative estimate of drug-likeness (QED) is 0.174. The van der Waals surface area contributed by atoms with E-state index >= 15 is 0 Å². The molecule has 50 heavy (non-hydrogen) atoms. The highest BCUT2D eigenvalue weighted by Crippen LogP contribution is 2.53. The van der Waals surface area contributed by atoms with E-state index in [-0.39, 0.29) is 17.5 Å². The first kappa shape index (κ1) is 29.7. The van der Waals surface area contributed by atoms with Crippen molar-refractivity contribution >= 4 is 44.9 Å². The Labute approximate surface area is 294 Å². The molecular weight excluding hydrogens is 609 g/mol. The van der Waals surface area contributed by atoms with Crippen LogP contribution in [0, 0.1) is 0 Å². The van der Waals surface area contributed by atoms with Gasteiger partial charge in [-0.15, -0.1) is 0 Å². The summed E-state index contributed by atoms with van der Waals surface area (Å²) in [5.74, 6) is 3.98. The average molecular weight is 650 g/mol. The Kier molecular flexibility index (Phi) is 5.90. The predicted octanol–water partition coefficient (Wildman–Crippen LogP) is 10.2. The van der Waals surface area contributed by atoms with Crippen LogP contribution in [0.4, 0.5) is 0 Å². The minimum atomic E-state index is -0.102. The Balaban J connectivity index is 1.28. The van der Waals surface area contributed by atoms with Crippen LogP contribution in [0.15, 0.2) is 109 Å². The van der Waals surface area contributed by atoms with Gasteiger partial charge in [0, 0.05) is 39.3 Å². The number of nitrogens with zero attached hydrogens (tertiary/aromatic N) is 1. The Morgan fingerprint density at radius 2 is 1.34 bits per heavy atom. The predicted molar refractivity (Wildman–Crippen MR) is 209 cm³/mol. The molecule has 2 aliphatic heterocycles. The number of aromatic nitrogens is 1. The molecule has 0 unspecified atom stereocenters. The zero-order valence-corrected chi connectivity index (χ0v) is 29.8. The molecule has 0 atom stereocenters. The summed E-state index contributed by atoms with van der Waals surface area (Å²) in [5.41, 5.74) is 14.7. The van der Waals surface area contributed by atoms with Crippen LogP contribution in [0.2, 0.25) is 0 Å². The van der Waals surface area contributed by atoms with Gasteiger partial charge in [-0.3, -0.25) is 0 Å². The molecule has 3 heterocycles. The van der Waals surface area contributed by atoms with E-state index in [1.54, 1.807) is 0 Å². The maximum absolute atomic E-state index is 6.99. The Hall–Kier alpha value is -5.22. The second kappa shape index (κ2) is 9.94. The zero-order valence-electron chi connectivity index (χ0n) is 29.8. The lowest BCUT2D eigenvalue weighted by atomic mass is 9.34. The third-order valence-electron chi connectivity index (χ3n) is 11.7. The first-order valence-corrected chi connectivity index (χ1v) is 18.0. The molecule has 0 bridgehead atoms. The lowest BCUT2D eigenvalue weighted by Crippen LogP contribution is -2.57. The molecule has 0 amide bonds. The van der Waals surface area contributed by atoms with Crippen LogP contribution in [-0.4, -0.2) is 11.3 Å². The van der Waals surface area contributed by atoms with Crippen molar-refractivity contribution < 1.29 is 9.47 Å². The van der Waals surface area contributed by atoms with Crippen molar-refractivity contribution in [2.24, 2.45) is 0 Å². The number of hydrogen-bond donors (Lipinski definition) is 0. The highest BCUT2D eigenvalue weighted by molar-refractivity contribution is 6.98. The van der Waals surface area contributed by atoms with Gasteiger partial charge in [-0.2, -0.15) is 0 Å². The normalized spacial score (nSPS) is 14.9. The average Bonchev–Trinajstić information content (AvgIpc) is 3.56. The van der Waals surface area contributed by atoms with Crippen molar-refractivity contribution in [1.29, 1.82) is 0 Å². The summed E-state index contributed by atoms with van der Waals surface area (Å²) >= 11 is 0. The van der Waals surface area contributed by atoms with Crippen LogP contribution in [0.5, 0.6) is 23.0 Å². The minimum Gasteiger partial charge on any atom is -0.458 e. The van der Waals surface area contributed by atoms with Gasteiger partial charge in [0.25, 0.3) is 6.71 Å². The van der Waals surface area contributed by atoms with Gasteiger partial charge in [-0.05, 0) is 68.3 Å². The summed E-state index contributed by atoms with van der Waals surface area (Å²) in [6, 6.07) is 40.5. The van der Waals surface area contributed by atoms with Crippen molar-refractivity contribution in [2.75, 3.05) is 0 Å². The van der Waals surface area contributed by atoms with Crippen LogP contribution in [-0.2, 0) is 10.8 Å². The third kappa shape index (κ3) is 3.93. The molecule has 3 aliphatic rings. The van der Waals surface area contributed by atoms with E-state index in [1.165, 1.54) is 66.1 Å².